The normalized spacial score (nSPS) is 11.0. The molecular weight excluding hydrogens is 885 g/mol. The van der Waals surface area contributed by atoms with Gasteiger partial charge in [0.25, 0.3) is 11.8 Å². The molecule has 0 aliphatic carbocycles. The lowest BCUT2D eigenvalue weighted by Gasteiger charge is -2.20. The number of unbranched alkanes of at least 4 members (excludes halogenated alkanes) is 18. The van der Waals surface area contributed by atoms with Crippen molar-refractivity contribution >= 4 is 23.2 Å². The van der Waals surface area contributed by atoms with Crippen LogP contribution in [0.3, 0.4) is 0 Å². The highest BCUT2D eigenvalue weighted by atomic mass is 16.6. The first-order valence-electron chi connectivity index (χ1n) is 27.3. The molecule has 0 heterocycles. The van der Waals surface area contributed by atoms with Gasteiger partial charge >= 0.3 is 0 Å². The third-order valence-corrected chi connectivity index (χ3v) is 12.1. The summed E-state index contributed by atoms with van der Waals surface area (Å²) >= 11 is 0. The van der Waals surface area contributed by atoms with Crippen LogP contribution in [0, 0.1) is 0 Å². The molecule has 0 fully saturated rings. The van der Waals surface area contributed by atoms with E-state index in [9.17, 15) is 9.59 Å². The highest BCUT2D eigenvalue weighted by Crippen LogP contribution is 2.43. The van der Waals surface area contributed by atoms with Crippen molar-refractivity contribution in [3.8, 4) is 46.0 Å². The van der Waals surface area contributed by atoms with Crippen molar-refractivity contribution in [2.75, 3.05) is 64.5 Å². The van der Waals surface area contributed by atoms with Crippen LogP contribution in [-0.4, -0.2) is 65.7 Å². The van der Waals surface area contributed by atoms with Gasteiger partial charge in [0.05, 0.1) is 65.2 Å². The standard InChI is InChI=1S/C58H92N2O10/c1-9-15-21-27-33-65-51-39-45(40-52(66-34-28-22-16-10-2)55(51)69-37-31-25-19-13-5)57(61)59-47-43-49(63-7)50(64-8)44-48(47)60-58(62)46-41-53(67-35-29-23-17-11-3)56(70-38-32-26-20-14-6)54(42-46)68-36-30-24-18-12-4/h39-44H,9-38H2,1-8H3,(H,59,61)(H,60,62). The molecule has 0 saturated heterocycles. The van der Waals surface area contributed by atoms with E-state index in [1.54, 1.807) is 36.4 Å². The maximum atomic E-state index is 14.6. The fourth-order valence-electron chi connectivity index (χ4n) is 7.85. The number of hydrogen-bond donors (Lipinski definition) is 2. The number of methoxy groups -OCH3 is 2. The Balaban J connectivity index is 2.09. The summed E-state index contributed by atoms with van der Waals surface area (Å²) in [5, 5.41) is 6.13. The summed E-state index contributed by atoms with van der Waals surface area (Å²) in [5.41, 5.74) is 1.21. The van der Waals surface area contributed by atoms with E-state index < -0.39 is 11.8 Å². The van der Waals surface area contributed by atoms with Gasteiger partial charge in [0, 0.05) is 23.3 Å². The van der Waals surface area contributed by atoms with Gasteiger partial charge < -0.3 is 48.5 Å². The molecule has 394 valence electrons. The minimum Gasteiger partial charge on any atom is -0.493 e. The molecule has 0 spiro atoms. The summed E-state index contributed by atoms with van der Waals surface area (Å²) in [4.78, 5) is 29.1. The monoisotopic (exact) mass is 977 g/mol. The zero-order valence-corrected chi connectivity index (χ0v) is 44.8. The van der Waals surface area contributed by atoms with Crippen LogP contribution in [0.4, 0.5) is 11.4 Å². The summed E-state index contributed by atoms with van der Waals surface area (Å²) in [7, 11) is 3.05. The minimum atomic E-state index is -0.443. The molecule has 12 nitrogen and oxygen atoms in total. The topological polar surface area (TPSA) is 132 Å². The molecule has 2 amide bonds. The molecule has 12 heteroatoms. The van der Waals surface area contributed by atoms with Crippen LogP contribution in [0.5, 0.6) is 46.0 Å². The van der Waals surface area contributed by atoms with Gasteiger partial charge in [-0.1, -0.05) is 157 Å². The first-order chi connectivity index (χ1) is 34.3. The Morgan fingerprint density at radius 3 is 0.800 bits per heavy atom. The molecule has 0 atom stereocenters. The zero-order valence-electron chi connectivity index (χ0n) is 44.8. The summed E-state index contributed by atoms with van der Waals surface area (Å²) in [5.74, 6) is 2.73. The molecular formula is C58H92N2O10. The van der Waals surface area contributed by atoms with Gasteiger partial charge in [0.15, 0.2) is 34.5 Å². The summed E-state index contributed by atoms with van der Waals surface area (Å²) < 4.78 is 49.9. The SMILES string of the molecule is CCCCCCOc1cc(C(=O)Nc2cc(OC)c(OC)cc2NC(=O)c2cc(OCCCCCC)c(OCCCCCC)c(OCCCCCC)c2)cc(OCCCCCC)c1OCCCCCC. The van der Waals surface area contributed by atoms with Crippen LogP contribution in [0.25, 0.3) is 0 Å². The Labute approximate surface area is 422 Å². The number of benzene rings is 3. The predicted octanol–water partition coefficient (Wildman–Crippen LogP) is 16.0. The van der Waals surface area contributed by atoms with Crippen LogP contribution in [0.1, 0.15) is 216 Å². The first kappa shape index (κ1) is 59.3. The van der Waals surface area contributed by atoms with Crippen LogP contribution in [0.2, 0.25) is 0 Å². The number of nitrogens with one attached hydrogen (secondary N) is 2. The first-order valence-corrected chi connectivity index (χ1v) is 27.3. The van der Waals surface area contributed by atoms with E-state index in [0.717, 1.165) is 154 Å². The molecule has 0 radical (unpaired) electrons. The lowest BCUT2D eigenvalue weighted by atomic mass is 10.1. The van der Waals surface area contributed by atoms with Crippen molar-refractivity contribution in [3.05, 3.63) is 47.5 Å². The van der Waals surface area contributed by atoms with Gasteiger partial charge in [-0.25, -0.2) is 0 Å². The second-order valence-electron chi connectivity index (χ2n) is 18.2. The quantitative estimate of drug-likeness (QED) is 0.0529. The van der Waals surface area contributed by atoms with Gasteiger partial charge in [-0.05, 0) is 62.8 Å². The Morgan fingerprint density at radius 2 is 0.571 bits per heavy atom. The summed E-state index contributed by atoms with van der Waals surface area (Å²) in [6, 6.07) is 10.2. The highest BCUT2D eigenvalue weighted by molar-refractivity contribution is 6.11. The van der Waals surface area contributed by atoms with E-state index in [4.69, 9.17) is 37.9 Å². The molecule has 70 heavy (non-hydrogen) atoms. The maximum absolute atomic E-state index is 14.6. The molecule has 0 unspecified atom stereocenters. The number of hydrogen-bond acceptors (Lipinski definition) is 10. The smallest absolute Gasteiger partial charge is 0.256 e. The van der Waals surface area contributed by atoms with Crippen molar-refractivity contribution in [2.45, 2.75) is 196 Å². The predicted molar refractivity (Wildman–Crippen MR) is 286 cm³/mol. The molecule has 0 bridgehead atoms. The Morgan fingerprint density at radius 1 is 0.329 bits per heavy atom. The number of carbonyl (C=O) groups excluding carboxylic acids is 2. The molecule has 3 rings (SSSR count). The van der Waals surface area contributed by atoms with Crippen molar-refractivity contribution in [1.29, 1.82) is 0 Å². The van der Waals surface area contributed by atoms with E-state index in [2.05, 4.69) is 52.2 Å². The van der Waals surface area contributed by atoms with E-state index in [1.807, 2.05) is 0 Å². The number of anilines is 2. The molecule has 0 aliphatic rings. The Kier molecular flexibility index (Phi) is 31.2. The Hall–Kier alpha value is -5.00. The van der Waals surface area contributed by atoms with E-state index in [1.165, 1.54) is 14.2 Å². The van der Waals surface area contributed by atoms with E-state index >= 15 is 0 Å². The molecule has 3 aromatic carbocycles. The molecule has 0 saturated carbocycles. The highest BCUT2D eigenvalue weighted by Gasteiger charge is 2.24. The van der Waals surface area contributed by atoms with Crippen LogP contribution in [-0.2, 0) is 0 Å². The maximum Gasteiger partial charge on any atom is 0.256 e. The summed E-state index contributed by atoms with van der Waals surface area (Å²) in [6.45, 7) is 16.0. The average molecular weight is 977 g/mol. The summed E-state index contributed by atoms with van der Waals surface area (Å²) in [6.07, 6.45) is 25.0. The fourth-order valence-corrected chi connectivity index (χ4v) is 7.85. The number of amides is 2. The van der Waals surface area contributed by atoms with Crippen molar-refractivity contribution in [3.63, 3.8) is 0 Å². The largest absolute Gasteiger partial charge is 0.493 e. The van der Waals surface area contributed by atoms with Gasteiger partial charge in [0.1, 0.15) is 0 Å². The molecule has 0 aromatic heterocycles. The molecule has 3 aromatic rings. The molecule has 0 aliphatic heterocycles. The van der Waals surface area contributed by atoms with Gasteiger partial charge in [-0.15, -0.1) is 0 Å². The third kappa shape index (κ3) is 22.0. The van der Waals surface area contributed by atoms with Gasteiger partial charge in [-0.2, -0.15) is 0 Å². The van der Waals surface area contributed by atoms with Crippen molar-refractivity contribution in [2.24, 2.45) is 0 Å². The Bertz CT molecular complexity index is 1700. The lowest BCUT2D eigenvalue weighted by molar-refractivity contribution is 0.101. The fraction of sp³-hybridized carbons (Fsp3) is 0.655. The average Bonchev–Trinajstić information content (AvgIpc) is 3.36. The van der Waals surface area contributed by atoms with E-state index in [-0.39, 0.29) is 0 Å². The van der Waals surface area contributed by atoms with Crippen molar-refractivity contribution in [1.82, 2.24) is 0 Å². The second kappa shape index (κ2) is 36.9. The lowest BCUT2D eigenvalue weighted by Crippen LogP contribution is -2.18. The van der Waals surface area contributed by atoms with Gasteiger partial charge in [0.2, 0.25) is 11.5 Å². The zero-order chi connectivity index (χ0) is 50.6. The van der Waals surface area contributed by atoms with Crippen LogP contribution in [0.15, 0.2) is 36.4 Å². The second-order valence-corrected chi connectivity index (χ2v) is 18.2. The van der Waals surface area contributed by atoms with Crippen molar-refractivity contribution < 1.29 is 47.5 Å². The number of rotatable bonds is 42. The van der Waals surface area contributed by atoms with E-state index in [0.29, 0.717) is 108 Å². The molecule has 2 N–H and O–H groups in total. The number of carbonyl (C=O) groups is 2. The van der Waals surface area contributed by atoms with Gasteiger partial charge in [-0.3, -0.25) is 9.59 Å². The van der Waals surface area contributed by atoms with Crippen LogP contribution < -0.4 is 48.5 Å². The van der Waals surface area contributed by atoms with Crippen LogP contribution >= 0.6 is 0 Å². The number of ether oxygens (including phenoxy) is 8. The third-order valence-electron chi connectivity index (χ3n) is 12.1. The minimum absolute atomic E-state index is 0.295.